The topological polar surface area (TPSA) is 43.0 Å². The van der Waals surface area contributed by atoms with Gasteiger partial charge in [-0.25, -0.2) is 9.37 Å². The third-order valence-corrected chi connectivity index (χ3v) is 3.65. The first-order valence-electron chi connectivity index (χ1n) is 7.22. The van der Waals surface area contributed by atoms with Gasteiger partial charge in [-0.1, -0.05) is 12.1 Å². The van der Waals surface area contributed by atoms with Crippen LogP contribution >= 0.6 is 0 Å². The van der Waals surface area contributed by atoms with Crippen LogP contribution < -0.4 is 5.32 Å². The third-order valence-electron chi connectivity index (χ3n) is 3.65. The van der Waals surface area contributed by atoms with Crippen molar-refractivity contribution in [3.63, 3.8) is 0 Å². The van der Waals surface area contributed by atoms with Crippen molar-refractivity contribution in [2.75, 3.05) is 6.54 Å². The number of hydrogen-bond acceptors (Lipinski definition) is 3. The Hall–Kier alpha value is -2.40. The molecule has 0 saturated heterocycles. The summed E-state index contributed by atoms with van der Waals surface area (Å²) >= 11 is 0. The molecule has 1 aromatic carbocycles. The third kappa shape index (κ3) is 3.26. The van der Waals surface area contributed by atoms with Gasteiger partial charge in [0.05, 0.1) is 12.3 Å². The maximum Gasteiger partial charge on any atom is 0.125 e. The number of halogens is 1. The molecule has 1 N–H and O–H groups in total. The lowest BCUT2D eigenvalue weighted by Gasteiger charge is -2.17. The zero-order valence-corrected chi connectivity index (χ0v) is 12.4. The van der Waals surface area contributed by atoms with Gasteiger partial charge in [0.15, 0.2) is 0 Å². The lowest BCUT2D eigenvalue weighted by atomic mass is 10.0. The summed E-state index contributed by atoms with van der Waals surface area (Å²) in [5, 5.41) is 3.45. The minimum atomic E-state index is -0.241. The van der Waals surface area contributed by atoms with E-state index in [2.05, 4.69) is 10.3 Å². The molecule has 0 bridgehead atoms. The molecule has 2 aromatic heterocycles. The number of nitrogens with zero attached hydrogens (tertiary/aromatic N) is 2. The van der Waals surface area contributed by atoms with Gasteiger partial charge in [0, 0.05) is 32.4 Å². The van der Waals surface area contributed by atoms with E-state index in [0.29, 0.717) is 0 Å². The van der Waals surface area contributed by atoms with Crippen molar-refractivity contribution in [2.45, 2.75) is 12.5 Å². The second kappa shape index (κ2) is 6.58. The van der Waals surface area contributed by atoms with E-state index < -0.39 is 0 Å². The molecule has 0 spiro atoms. The van der Waals surface area contributed by atoms with E-state index in [-0.39, 0.29) is 11.9 Å². The molecule has 0 aliphatic heterocycles. The van der Waals surface area contributed by atoms with Crippen molar-refractivity contribution >= 4 is 0 Å². The van der Waals surface area contributed by atoms with E-state index in [1.807, 2.05) is 29.9 Å². The number of aryl methyl sites for hydroxylation is 1. The SMILES string of the molecule is Cn1ccnc1CCNC(c1ccc(F)cc1)c1ccco1. The minimum absolute atomic E-state index is 0.101. The van der Waals surface area contributed by atoms with Crippen molar-refractivity contribution in [1.82, 2.24) is 14.9 Å². The second-order valence-electron chi connectivity index (χ2n) is 5.16. The summed E-state index contributed by atoms with van der Waals surface area (Å²) in [6.07, 6.45) is 6.17. The van der Waals surface area contributed by atoms with E-state index in [9.17, 15) is 4.39 Å². The van der Waals surface area contributed by atoms with E-state index in [0.717, 1.165) is 30.1 Å². The Labute approximate surface area is 128 Å². The second-order valence-corrected chi connectivity index (χ2v) is 5.16. The molecule has 0 radical (unpaired) electrons. The summed E-state index contributed by atoms with van der Waals surface area (Å²) in [5.41, 5.74) is 0.969. The summed E-state index contributed by atoms with van der Waals surface area (Å²) in [5.74, 6) is 1.59. The zero-order valence-electron chi connectivity index (χ0n) is 12.4. The summed E-state index contributed by atoms with van der Waals surface area (Å²) in [6, 6.07) is 10.1. The number of imidazole rings is 1. The maximum absolute atomic E-state index is 13.1. The lowest BCUT2D eigenvalue weighted by Crippen LogP contribution is -2.25. The van der Waals surface area contributed by atoms with E-state index in [1.54, 1.807) is 24.6 Å². The summed E-state index contributed by atoms with van der Waals surface area (Å²) in [6.45, 7) is 0.744. The van der Waals surface area contributed by atoms with Crippen LogP contribution in [0.1, 0.15) is 23.2 Å². The number of benzene rings is 1. The fraction of sp³-hybridized carbons (Fsp3) is 0.235. The molecule has 3 rings (SSSR count). The monoisotopic (exact) mass is 299 g/mol. The van der Waals surface area contributed by atoms with Gasteiger partial charge in [-0.15, -0.1) is 0 Å². The molecule has 1 atom stereocenters. The number of nitrogens with one attached hydrogen (secondary N) is 1. The Kier molecular flexibility index (Phi) is 4.34. The van der Waals surface area contributed by atoms with Crippen molar-refractivity contribution in [3.05, 3.63) is 78.0 Å². The highest BCUT2D eigenvalue weighted by Crippen LogP contribution is 2.22. The molecule has 22 heavy (non-hydrogen) atoms. The Morgan fingerprint density at radius 3 is 2.73 bits per heavy atom. The van der Waals surface area contributed by atoms with Crippen LogP contribution in [-0.2, 0) is 13.5 Å². The van der Waals surface area contributed by atoms with Crippen molar-refractivity contribution in [3.8, 4) is 0 Å². The van der Waals surface area contributed by atoms with Gasteiger partial charge in [0.25, 0.3) is 0 Å². The molecule has 114 valence electrons. The van der Waals surface area contributed by atoms with Gasteiger partial charge in [0.2, 0.25) is 0 Å². The number of hydrogen-bond donors (Lipinski definition) is 1. The predicted molar refractivity (Wildman–Crippen MR) is 81.9 cm³/mol. The highest BCUT2D eigenvalue weighted by molar-refractivity contribution is 5.26. The molecule has 0 aliphatic rings. The average molecular weight is 299 g/mol. The van der Waals surface area contributed by atoms with Crippen LogP contribution in [0.2, 0.25) is 0 Å². The quantitative estimate of drug-likeness (QED) is 0.760. The van der Waals surface area contributed by atoms with Gasteiger partial charge in [-0.3, -0.25) is 0 Å². The Balaban J connectivity index is 1.72. The van der Waals surface area contributed by atoms with Gasteiger partial charge in [-0.05, 0) is 29.8 Å². The first kappa shape index (κ1) is 14.5. The summed E-state index contributed by atoms with van der Waals surface area (Å²) in [4.78, 5) is 4.31. The average Bonchev–Trinajstić information content (AvgIpc) is 3.17. The summed E-state index contributed by atoms with van der Waals surface area (Å²) < 4.78 is 20.6. The van der Waals surface area contributed by atoms with Crippen LogP contribution in [0.15, 0.2) is 59.5 Å². The van der Waals surface area contributed by atoms with Crippen LogP contribution in [0.25, 0.3) is 0 Å². The first-order chi connectivity index (χ1) is 10.7. The molecular formula is C17H18FN3O. The molecule has 1 unspecified atom stereocenters. The molecule has 0 aliphatic carbocycles. The molecule has 4 nitrogen and oxygen atoms in total. The van der Waals surface area contributed by atoms with E-state index in [1.165, 1.54) is 12.1 Å². The molecule has 0 amide bonds. The van der Waals surface area contributed by atoms with Crippen molar-refractivity contribution < 1.29 is 8.81 Å². The predicted octanol–water partition coefficient (Wildman–Crippen LogP) is 3.07. The van der Waals surface area contributed by atoms with Gasteiger partial charge < -0.3 is 14.3 Å². The molecule has 0 saturated carbocycles. The van der Waals surface area contributed by atoms with E-state index >= 15 is 0 Å². The minimum Gasteiger partial charge on any atom is -0.467 e. The Bertz CT molecular complexity index is 704. The number of rotatable bonds is 6. The number of aromatic nitrogens is 2. The fourth-order valence-corrected chi connectivity index (χ4v) is 2.46. The molecule has 5 heteroatoms. The van der Waals surface area contributed by atoms with Gasteiger partial charge >= 0.3 is 0 Å². The van der Waals surface area contributed by atoms with Crippen LogP contribution in [0, 0.1) is 5.82 Å². The standard InChI is InChI=1S/C17H18FN3O/c1-21-11-10-19-16(21)8-9-20-17(15-3-2-12-22-15)13-4-6-14(18)7-5-13/h2-7,10-12,17,20H,8-9H2,1H3. The first-order valence-corrected chi connectivity index (χ1v) is 7.22. The molecule has 3 aromatic rings. The van der Waals surface area contributed by atoms with Crippen molar-refractivity contribution in [1.29, 1.82) is 0 Å². The van der Waals surface area contributed by atoms with Crippen LogP contribution in [0.5, 0.6) is 0 Å². The highest BCUT2D eigenvalue weighted by atomic mass is 19.1. The molecule has 2 heterocycles. The fourth-order valence-electron chi connectivity index (χ4n) is 2.46. The Morgan fingerprint density at radius 1 is 1.27 bits per heavy atom. The number of furan rings is 1. The van der Waals surface area contributed by atoms with E-state index in [4.69, 9.17) is 4.42 Å². The van der Waals surface area contributed by atoms with Crippen molar-refractivity contribution in [2.24, 2.45) is 7.05 Å². The van der Waals surface area contributed by atoms with Crippen LogP contribution in [0.3, 0.4) is 0 Å². The van der Waals surface area contributed by atoms with Crippen LogP contribution in [0.4, 0.5) is 4.39 Å². The summed E-state index contributed by atoms with van der Waals surface area (Å²) in [7, 11) is 1.98. The zero-order chi connectivity index (χ0) is 15.4. The largest absolute Gasteiger partial charge is 0.467 e. The van der Waals surface area contributed by atoms with Crippen LogP contribution in [-0.4, -0.2) is 16.1 Å². The lowest BCUT2D eigenvalue weighted by molar-refractivity contribution is 0.446. The smallest absolute Gasteiger partial charge is 0.125 e. The molecule has 0 fully saturated rings. The highest BCUT2D eigenvalue weighted by Gasteiger charge is 2.16. The molecular weight excluding hydrogens is 281 g/mol. The maximum atomic E-state index is 13.1. The van der Waals surface area contributed by atoms with Gasteiger partial charge in [-0.2, -0.15) is 0 Å². The van der Waals surface area contributed by atoms with Gasteiger partial charge in [0.1, 0.15) is 17.4 Å². The Morgan fingerprint density at radius 2 is 2.09 bits per heavy atom. The normalized spacial score (nSPS) is 12.5.